The molecule has 6 nitrogen and oxygen atoms in total. The zero-order valence-corrected chi connectivity index (χ0v) is 42.6. The minimum absolute atomic E-state index is 0.0355. The van der Waals surface area contributed by atoms with Crippen LogP contribution in [0.15, 0.2) is 12.2 Å². The van der Waals surface area contributed by atoms with Gasteiger partial charge in [0.25, 0.3) is 0 Å². The molecule has 3 N–H and O–H groups in total. The second-order valence-corrected chi connectivity index (χ2v) is 19.6. The van der Waals surface area contributed by atoms with Gasteiger partial charge in [-0.15, -0.1) is 0 Å². The summed E-state index contributed by atoms with van der Waals surface area (Å²) in [5.74, 6) is -0.103. The lowest BCUT2D eigenvalue weighted by atomic mass is 10.0. The van der Waals surface area contributed by atoms with Crippen LogP contribution in [0, 0.1) is 0 Å². The molecule has 0 rings (SSSR count). The summed E-state index contributed by atoms with van der Waals surface area (Å²) in [6.45, 7) is 4.88. The number of aliphatic hydroxyl groups excluding tert-OH is 2. The Hall–Kier alpha value is -1.40. The van der Waals surface area contributed by atoms with Crippen molar-refractivity contribution in [3.63, 3.8) is 0 Å². The summed E-state index contributed by atoms with van der Waals surface area (Å²) in [6, 6.07) is -0.566. The molecule has 0 bridgehead atoms. The number of amides is 1. The van der Waals surface area contributed by atoms with E-state index in [0.29, 0.717) is 25.9 Å². The van der Waals surface area contributed by atoms with Crippen molar-refractivity contribution in [1.82, 2.24) is 5.32 Å². The molecule has 0 aliphatic rings. The molecule has 0 aliphatic carbocycles. The van der Waals surface area contributed by atoms with Crippen molar-refractivity contribution < 1.29 is 24.5 Å². The molecule has 0 aromatic heterocycles. The Bertz CT molecular complexity index is 939. The second kappa shape index (κ2) is 53.2. The smallest absolute Gasteiger partial charge is 0.305 e. The van der Waals surface area contributed by atoms with Crippen LogP contribution in [-0.2, 0) is 14.3 Å². The lowest BCUT2D eigenvalue weighted by molar-refractivity contribution is -0.143. The van der Waals surface area contributed by atoms with Gasteiger partial charge in [0.05, 0.1) is 25.4 Å². The Morgan fingerprint density at radius 1 is 0.429 bits per heavy atom. The lowest BCUT2D eigenvalue weighted by Crippen LogP contribution is -2.45. The zero-order valence-electron chi connectivity index (χ0n) is 42.6. The number of hydrogen-bond acceptors (Lipinski definition) is 5. The first kappa shape index (κ1) is 61.6. The van der Waals surface area contributed by atoms with E-state index >= 15 is 0 Å². The highest BCUT2D eigenvalue weighted by atomic mass is 16.5. The van der Waals surface area contributed by atoms with Crippen molar-refractivity contribution in [2.24, 2.45) is 0 Å². The van der Waals surface area contributed by atoms with Gasteiger partial charge in [-0.3, -0.25) is 9.59 Å². The Labute approximate surface area is 393 Å². The maximum Gasteiger partial charge on any atom is 0.305 e. The summed E-state index contributed by atoms with van der Waals surface area (Å²) >= 11 is 0. The van der Waals surface area contributed by atoms with Gasteiger partial charge in [0, 0.05) is 12.8 Å². The maximum absolute atomic E-state index is 12.5. The molecule has 2 atom stereocenters. The summed E-state index contributed by atoms with van der Waals surface area (Å²) in [6.07, 6.45) is 62.1. The van der Waals surface area contributed by atoms with Crippen molar-refractivity contribution in [2.75, 3.05) is 13.2 Å². The van der Waals surface area contributed by atoms with Gasteiger partial charge in [0.15, 0.2) is 0 Å². The first-order valence-electron chi connectivity index (χ1n) is 28.4. The van der Waals surface area contributed by atoms with E-state index < -0.39 is 12.1 Å². The highest BCUT2D eigenvalue weighted by Crippen LogP contribution is 2.18. The SMILES string of the molecule is CCCCCCCCCCCCCCCCCCCCCCCCCCCC(O)C(CO)NC(=O)CCCCCC/C=C\CCCCOC(=O)CCCCCCCCCCCCC. The third kappa shape index (κ3) is 49.9. The summed E-state index contributed by atoms with van der Waals surface area (Å²) in [5.41, 5.74) is 0. The van der Waals surface area contributed by atoms with Crippen LogP contribution in [0.4, 0.5) is 0 Å². The molecule has 63 heavy (non-hydrogen) atoms. The molecule has 1 amide bonds. The monoisotopic (exact) mass is 890 g/mol. The van der Waals surface area contributed by atoms with E-state index in [4.69, 9.17) is 4.74 Å². The van der Waals surface area contributed by atoms with Crippen LogP contribution in [0.2, 0.25) is 0 Å². The number of ether oxygens (including phenoxy) is 1. The Balaban J connectivity index is 3.49. The molecular weight excluding hydrogens is 779 g/mol. The quantitative estimate of drug-likeness (QED) is 0.0321. The van der Waals surface area contributed by atoms with Crippen molar-refractivity contribution in [1.29, 1.82) is 0 Å². The fourth-order valence-corrected chi connectivity index (χ4v) is 8.93. The largest absolute Gasteiger partial charge is 0.466 e. The van der Waals surface area contributed by atoms with Gasteiger partial charge < -0.3 is 20.3 Å². The molecule has 2 unspecified atom stereocenters. The van der Waals surface area contributed by atoms with Crippen molar-refractivity contribution >= 4 is 11.9 Å². The van der Waals surface area contributed by atoms with Crippen LogP contribution in [0.5, 0.6) is 0 Å². The summed E-state index contributed by atoms with van der Waals surface area (Å²) in [4.78, 5) is 24.5. The first-order chi connectivity index (χ1) is 31.0. The topological polar surface area (TPSA) is 95.9 Å². The van der Waals surface area contributed by atoms with Gasteiger partial charge in [0.1, 0.15) is 0 Å². The molecule has 0 radical (unpaired) electrons. The number of allylic oxidation sites excluding steroid dienone is 2. The average Bonchev–Trinajstić information content (AvgIpc) is 3.28. The van der Waals surface area contributed by atoms with E-state index in [9.17, 15) is 19.8 Å². The van der Waals surface area contributed by atoms with Gasteiger partial charge in [0.2, 0.25) is 5.91 Å². The van der Waals surface area contributed by atoms with Gasteiger partial charge in [-0.25, -0.2) is 0 Å². The van der Waals surface area contributed by atoms with E-state index in [2.05, 4.69) is 31.3 Å². The van der Waals surface area contributed by atoms with Crippen LogP contribution in [0.25, 0.3) is 0 Å². The Kier molecular flexibility index (Phi) is 52.0. The van der Waals surface area contributed by atoms with Crippen LogP contribution in [0.1, 0.15) is 316 Å². The van der Waals surface area contributed by atoms with Crippen molar-refractivity contribution in [3.05, 3.63) is 12.2 Å². The van der Waals surface area contributed by atoms with Crippen LogP contribution in [0.3, 0.4) is 0 Å². The number of carbonyl (C=O) groups excluding carboxylic acids is 2. The van der Waals surface area contributed by atoms with E-state index in [1.807, 2.05) is 0 Å². The molecule has 0 fully saturated rings. The predicted molar refractivity (Wildman–Crippen MR) is 273 cm³/mol. The normalized spacial score (nSPS) is 12.6. The van der Waals surface area contributed by atoms with E-state index in [1.54, 1.807) is 0 Å². The third-order valence-electron chi connectivity index (χ3n) is 13.3. The Morgan fingerprint density at radius 2 is 0.746 bits per heavy atom. The second-order valence-electron chi connectivity index (χ2n) is 19.6. The number of nitrogens with one attached hydrogen (secondary N) is 1. The van der Waals surface area contributed by atoms with Gasteiger partial charge in [-0.1, -0.05) is 264 Å². The number of hydrogen-bond donors (Lipinski definition) is 3. The molecule has 0 aromatic rings. The lowest BCUT2D eigenvalue weighted by Gasteiger charge is -2.22. The van der Waals surface area contributed by atoms with Gasteiger partial charge in [-0.05, 0) is 51.4 Å². The predicted octanol–water partition coefficient (Wildman–Crippen LogP) is 17.3. The molecule has 374 valence electrons. The van der Waals surface area contributed by atoms with Gasteiger partial charge in [-0.2, -0.15) is 0 Å². The number of aliphatic hydroxyl groups is 2. The molecule has 0 aromatic carbocycles. The van der Waals surface area contributed by atoms with Crippen LogP contribution >= 0.6 is 0 Å². The standard InChI is InChI=1S/C57H111NO5/c1-3-5-7-9-11-13-15-16-17-18-19-20-21-22-23-24-25-26-27-28-30-33-37-41-45-49-55(60)54(53-59)58-56(61)50-46-42-38-34-31-32-36-40-44-48-52-63-57(62)51-47-43-39-35-29-14-12-10-8-6-4-2/h32,36,54-55,59-60H,3-31,33-35,37-53H2,1-2H3,(H,58,61)/b36-32-. The van der Waals surface area contributed by atoms with Crippen LogP contribution < -0.4 is 5.32 Å². The average molecular weight is 891 g/mol. The van der Waals surface area contributed by atoms with Crippen molar-refractivity contribution in [2.45, 2.75) is 328 Å². The van der Waals surface area contributed by atoms with E-state index in [0.717, 1.165) is 77.0 Å². The highest BCUT2D eigenvalue weighted by Gasteiger charge is 2.20. The number of unbranched alkanes of at least 4 members (excludes halogenated alkanes) is 40. The van der Waals surface area contributed by atoms with Gasteiger partial charge >= 0.3 is 5.97 Å². The fraction of sp³-hybridized carbons (Fsp3) is 0.930. The van der Waals surface area contributed by atoms with E-state index in [-0.39, 0.29) is 18.5 Å². The molecule has 6 heteroatoms. The zero-order chi connectivity index (χ0) is 45.8. The number of rotatable bonds is 53. The third-order valence-corrected chi connectivity index (χ3v) is 13.3. The number of esters is 1. The molecule has 0 saturated heterocycles. The number of carbonyl (C=O) groups is 2. The highest BCUT2D eigenvalue weighted by molar-refractivity contribution is 5.76. The minimum atomic E-state index is -0.686. The molecule has 0 heterocycles. The summed E-state index contributed by atoms with van der Waals surface area (Å²) < 4.78 is 5.42. The molecular formula is C57H111NO5. The summed E-state index contributed by atoms with van der Waals surface area (Å²) in [7, 11) is 0. The Morgan fingerprint density at radius 3 is 1.13 bits per heavy atom. The van der Waals surface area contributed by atoms with Crippen LogP contribution in [-0.4, -0.2) is 47.4 Å². The maximum atomic E-state index is 12.5. The fourth-order valence-electron chi connectivity index (χ4n) is 8.93. The van der Waals surface area contributed by atoms with E-state index in [1.165, 1.54) is 205 Å². The first-order valence-corrected chi connectivity index (χ1v) is 28.4. The molecule has 0 saturated carbocycles. The summed E-state index contributed by atoms with van der Waals surface area (Å²) in [5, 5.41) is 23.3. The minimum Gasteiger partial charge on any atom is -0.466 e. The molecule has 0 aliphatic heterocycles. The van der Waals surface area contributed by atoms with Crippen molar-refractivity contribution in [3.8, 4) is 0 Å². The molecule has 0 spiro atoms.